The standard InChI is InChI=1S/C14H16O6.C13H21NO7.C13H15NO5S2.C13H20O7.C13H22O5S.C11H18O7.C9H12O5.C9H10O5/c1-14(8-19-13(17)20-9-14)12(16)18-7-11-4-2-10(6-15)3-5-11;1-12(2,3)21-10(16)14-5-6-18-9(15)13(4)7-19-11(17)20-8-13;1-13(8-18-12(16)19-9-13)11(15)17-6-7-20-21-10-4-2-3-5-14-10;1-13(8-19-12(15)20-9-13)11(14)18-7-6-17-10-4-2-3-5-16-10;1-12(2,3)19-7-5-6-16-10(14)13(4)8-17-11(15)18-9-13;1-11(7-17-10(13)18-8-11)9(12)16-6-5-15-4-3-14-2;2*1-3-4-12-7(10)9(2)5-13-8(11)14-6-9/h2-5,15H,6-9H2,1H3;5-8H2,1-4H3,(H,14,16);2-5H,6-9H2,1H3;10H,2-9H2,1H3;5-9H2,1-4H3;3-8H2,1-2H3;3H,1,4-6H2,2H3;1H,4-6H2,2H3. The van der Waals surface area contributed by atoms with E-state index in [1.165, 1.54) is 16.9 Å². The van der Waals surface area contributed by atoms with Gasteiger partial charge in [-0.25, -0.2) is 48.1 Å². The van der Waals surface area contributed by atoms with Crippen molar-refractivity contribution in [3.63, 3.8) is 0 Å². The van der Waals surface area contributed by atoms with Crippen LogP contribution in [0.15, 0.2) is 66.3 Å². The van der Waals surface area contributed by atoms with E-state index in [0.717, 1.165) is 47.6 Å². The topological polar surface area (TPSA) is 603 Å². The summed E-state index contributed by atoms with van der Waals surface area (Å²) in [7, 11) is 4.66. The molecule has 52 heteroatoms. The Bertz CT molecular complexity index is 4540. The summed E-state index contributed by atoms with van der Waals surface area (Å²) in [6.07, 6.45) is 5.09. The van der Waals surface area contributed by atoms with Crippen molar-refractivity contribution < 1.29 is 224 Å². The normalized spacial score (nSPS) is 18.8. The molecule has 0 aliphatic carbocycles. The van der Waals surface area contributed by atoms with Crippen LogP contribution in [0, 0.1) is 55.7 Å². The summed E-state index contributed by atoms with van der Waals surface area (Å²) in [5.74, 6) is 0.0291. The van der Waals surface area contributed by atoms with Gasteiger partial charge in [-0.15, -0.1) is 6.42 Å². The van der Waals surface area contributed by atoms with Crippen molar-refractivity contribution in [3.05, 3.63) is 72.4 Å². The van der Waals surface area contributed by atoms with Crippen molar-refractivity contribution in [1.82, 2.24) is 10.3 Å². The third-order valence-electron chi connectivity index (χ3n) is 20.2. The molecule has 1 unspecified atom stereocenters. The molecule has 0 saturated carbocycles. The molecular weight excluding hydrogens is 2020 g/mol. The van der Waals surface area contributed by atoms with Crippen LogP contribution in [-0.4, -0.2) is 340 Å². The number of methoxy groups -OCH3 is 1. The second-order valence-electron chi connectivity index (χ2n) is 37.1. The van der Waals surface area contributed by atoms with Gasteiger partial charge >= 0.3 is 103 Å². The summed E-state index contributed by atoms with van der Waals surface area (Å²) in [6, 6.07) is 12.8. The average Bonchev–Trinajstić information content (AvgIpc) is 0.862. The van der Waals surface area contributed by atoms with Crippen LogP contribution in [0.25, 0.3) is 0 Å². The number of carbonyl (C=O) groups excluding carboxylic acids is 17. The number of rotatable bonds is 36. The van der Waals surface area contributed by atoms with Gasteiger partial charge in [-0.3, -0.25) is 38.4 Å². The number of ether oxygens (including phenoxy) is 29. The van der Waals surface area contributed by atoms with Crippen LogP contribution in [-0.2, 0) is 189 Å². The van der Waals surface area contributed by atoms with Crippen molar-refractivity contribution >= 4 is 136 Å². The molecule has 1 aromatic carbocycles. The Balaban J connectivity index is 0.000000351. The van der Waals surface area contributed by atoms with Crippen molar-refractivity contribution in [2.24, 2.45) is 43.3 Å². The summed E-state index contributed by atoms with van der Waals surface area (Å²) < 4.78 is 141. The number of terminal acetylenes is 1. The van der Waals surface area contributed by atoms with E-state index in [9.17, 15) is 81.5 Å². The molecule has 49 nitrogen and oxygen atoms in total. The smallest absolute Gasteiger partial charge is 0.465 e. The second kappa shape index (κ2) is 64.1. The molecule has 1 aromatic heterocycles. The van der Waals surface area contributed by atoms with E-state index in [1.54, 1.807) is 125 Å². The molecule has 0 radical (unpaired) electrons. The van der Waals surface area contributed by atoms with Gasteiger partial charge < -0.3 is 148 Å². The lowest BCUT2D eigenvalue weighted by atomic mass is 9.92. The highest BCUT2D eigenvalue weighted by Crippen LogP contribution is 2.34. The molecule has 2 aromatic rings. The maximum absolute atomic E-state index is 12.0. The summed E-state index contributed by atoms with van der Waals surface area (Å²) in [4.78, 5) is 195. The number of carbonyl (C=O) groups is 17. The fourth-order valence-electron chi connectivity index (χ4n) is 11.1. The first-order chi connectivity index (χ1) is 69.3. The van der Waals surface area contributed by atoms with Crippen LogP contribution in [0.1, 0.15) is 134 Å². The highest BCUT2D eigenvalue weighted by atomic mass is 33.1. The molecule has 147 heavy (non-hydrogen) atoms. The maximum atomic E-state index is 12.0. The van der Waals surface area contributed by atoms with Gasteiger partial charge in [0.2, 0.25) is 0 Å². The highest BCUT2D eigenvalue weighted by Gasteiger charge is 2.49. The number of nitrogens with one attached hydrogen (secondary N) is 1. The molecule has 2 N–H and O–H groups in total. The van der Waals surface area contributed by atoms with Crippen molar-refractivity contribution in [1.29, 1.82) is 0 Å². The fourth-order valence-corrected chi connectivity index (χ4v) is 13.7. The van der Waals surface area contributed by atoms with E-state index in [-0.39, 0.29) is 189 Å². The lowest BCUT2D eigenvalue weighted by Gasteiger charge is -2.29. The number of alkyl carbamates (subject to hydrolysis) is 1. The number of amides is 1. The summed E-state index contributed by atoms with van der Waals surface area (Å²) in [5, 5.41) is 12.3. The predicted octanol–water partition coefficient (Wildman–Crippen LogP) is 10.6. The number of aliphatic hydroxyl groups excluding tert-OH is 1. The lowest BCUT2D eigenvalue weighted by Crippen LogP contribution is -2.44. The summed E-state index contributed by atoms with van der Waals surface area (Å²) in [5.41, 5.74) is -6.54. The van der Waals surface area contributed by atoms with E-state index in [2.05, 4.69) is 81.5 Å². The molecule has 1 atom stereocenters. The minimum Gasteiger partial charge on any atom is -0.465 e. The first-order valence-corrected chi connectivity index (χ1v) is 49.2. The number of hydrogen-bond acceptors (Lipinski definition) is 51. The maximum Gasteiger partial charge on any atom is 0.508 e. The Hall–Kier alpha value is -12.3. The highest BCUT2D eigenvalue weighted by molar-refractivity contribution is 8.76. The molecule has 0 bridgehead atoms. The quantitative estimate of drug-likeness (QED) is 0.0160. The first-order valence-electron chi connectivity index (χ1n) is 45.9. The van der Waals surface area contributed by atoms with Gasteiger partial charge in [-0.1, -0.05) is 80.5 Å². The SMILES string of the molecule is C#CCOC(=O)C1(C)COC(=O)OC1.C=CCOC(=O)C1(C)COC(=O)OC1.CC(C)(C)OC(=O)NCCOC(=O)C1(C)COC(=O)OC1.CC(C)(C)SCCCOC(=O)C1(C)COC(=O)OC1.CC1(C(=O)OCCOC2CCCCO2)COC(=O)OC1.CC1(C(=O)OCCSSc2ccccn2)COC(=O)OC1.CC1(C(=O)OCc2ccc(CO)cc2)COC(=O)OC1.COCCOCCOC(=O)C1(C)COC(=O)OC1. The van der Waals surface area contributed by atoms with Crippen molar-refractivity contribution in [2.75, 3.05) is 210 Å². The Morgan fingerprint density at radius 2 is 0.803 bits per heavy atom. The molecule has 824 valence electrons. The third-order valence-corrected chi connectivity index (χ3v) is 23.8. The van der Waals surface area contributed by atoms with E-state index in [0.29, 0.717) is 38.8 Å². The second-order valence-corrected chi connectivity index (χ2v) is 41.4. The zero-order valence-corrected chi connectivity index (χ0v) is 87.6. The number of pyridine rings is 1. The summed E-state index contributed by atoms with van der Waals surface area (Å²) >= 11 is 1.83. The van der Waals surface area contributed by atoms with Gasteiger partial charge in [0.15, 0.2) is 12.9 Å². The van der Waals surface area contributed by atoms with Crippen LogP contribution in [0.4, 0.5) is 43.2 Å². The van der Waals surface area contributed by atoms with Gasteiger partial charge in [0.05, 0.1) is 46.2 Å². The van der Waals surface area contributed by atoms with Crippen LogP contribution < -0.4 is 5.32 Å². The zero-order chi connectivity index (χ0) is 109. The van der Waals surface area contributed by atoms with Crippen LogP contribution >= 0.6 is 33.3 Å². The van der Waals surface area contributed by atoms with Gasteiger partial charge in [0.25, 0.3) is 0 Å². The number of benzene rings is 1. The number of thioether (sulfide) groups is 1. The minimum absolute atomic E-state index is 0.0121. The molecule has 10 heterocycles. The van der Waals surface area contributed by atoms with E-state index < -0.39 is 146 Å². The lowest BCUT2D eigenvalue weighted by molar-refractivity contribution is -0.182. The molecule has 9 aliphatic heterocycles. The van der Waals surface area contributed by atoms with Gasteiger partial charge in [-0.05, 0) is 142 Å². The number of nitrogens with zero attached hydrogens (tertiary/aromatic N) is 1. The number of aromatic nitrogens is 1. The molecule has 9 fully saturated rings. The number of esters is 8. The zero-order valence-electron chi connectivity index (χ0n) is 85.1. The average molecular weight is 2150 g/mol. The summed E-state index contributed by atoms with van der Waals surface area (Å²) in [6.45, 7) is 31.0. The Labute approximate surface area is 862 Å². The monoisotopic (exact) mass is 2150 g/mol. The van der Waals surface area contributed by atoms with Gasteiger partial charge in [0, 0.05) is 30.4 Å². The number of hydrogen-bond donors (Lipinski definition) is 2. The first kappa shape index (κ1) is 127. The molecule has 0 spiro atoms. The number of aliphatic hydroxyl groups is 1. The fraction of sp³-hybridized carbons (Fsp3) is 0.663. The molecular formula is C95H134N2O47S3. The minimum atomic E-state index is -1.03. The molecule has 9 saturated heterocycles. The predicted molar refractivity (Wildman–Crippen MR) is 507 cm³/mol. The van der Waals surface area contributed by atoms with E-state index in [1.807, 2.05) is 30.0 Å². The van der Waals surface area contributed by atoms with E-state index in [4.69, 9.17) is 111 Å². The largest absolute Gasteiger partial charge is 0.508 e. The third kappa shape index (κ3) is 49.4. The Morgan fingerprint density at radius 3 is 1.15 bits per heavy atom. The molecule has 11 rings (SSSR count). The van der Waals surface area contributed by atoms with Crippen LogP contribution in [0.5, 0.6) is 0 Å². The van der Waals surface area contributed by atoms with Gasteiger partial charge in [-0.2, -0.15) is 11.8 Å². The number of cyclic esters (lactones) is 16. The van der Waals surface area contributed by atoms with Crippen molar-refractivity contribution in [3.8, 4) is 12.3 Å². The Morgan fingerprint density at radius 1 is 0.449 bits per heavy atom. The van der Waals surface area contributed by atoms with Crippen LogP contribution in [0.3, 0.4) is 0 Å². The Kier molecular flexibility index (Phi) is 55.4. The molecule has 9 aliphatic rings. The van der Waals surface area contributed by atoms with Crippen molar-refractivity contribution in [2.45, 2.75) is 157 Å². The van der Waals surface area contributed by atoms with E-state index >= 15 is 0 Å². The van der Waals surface area contributed by atoms with Crippen LogP contribution in [0.2, 0.25) is 0 Å². The molecule has 1 amide bonds. The van der Waals surface area contributed by atoms with Gasteiger partial charge in [0.1, 0.15) is 199 Å².